The number of methoxy groups -OCH3 is 2. The minimum atomic E-state index is -1.03. The zero-order valence-corrected chi connectivity index (χ0v) is 23.3. The molecule has 0 saturated carbocycles. The Morgan fingerprint density at radius 1 is 0.905 bits per heavy atom. The van der Waals surface area contributed by atoms with E-state index in [1.54, 1.807) is 31.3 Å². The summed E-state index contributed by atoms with van der Waals surface area (Å²) in [5.74, 6) is -2.81. The molecule has 3 rings (SSSR count). The quantitative estimate of drug-likeness (QED) is 0.163. The lowest BCUT2D eigenvalue weighted by Crippen LogP contribution is -2.42. The highest BCUT2D eigenvalue weighted by molar-refractivity contribution is 6.07. The van der Waals surface area contributed by atoms with Crippen LogP contribution in [0.2, 0.25) is 0 Å². The summed E-state index contributed by atoms with van der Waals surface area (Å²) in [4.78, 5) is 72.1. The third kappa shape index (κ3) is 8.03. The number of ether oxygens (including phenoxy) is 2. The van der Waals surface area contributed by atoms with E-state index < -0.39 is 40.6 Å². The van der Waals surface area contributed by atoms with Crippen molar-refractivity contribution in [2.24, 2.45) is 14.1 Å². The van der Waals surface area contributed by atoms with E-state index in [1.807, 2.05) is 0 Å². The minimum absolute atomic E-state index is 0.00536. The number of hydrogen-bond donors (Lipinski definition) is 3. The van der Waals surface area contributed by atoms with Gasteiger partial charge in [0.1, 0.15) is 17.4 Å². The van der Waals surface area contributed by atoms with E-state index in [1.165, 1.54) is 48.9 Å². The Hall–Kier alpha value is -5.47. The van der Waals surface area contributed by atoms with Gasteiger partial charge in [-0.3, -0.25) is 29.3 Å². The summed E-state index contributed by atoms with van der Waals surface area (Å²) in [6, 6.07) is 8.09. The zero-order chi connectivity index (χ0) is 31.0. The topological polar surface area (TPSA) is 193 Å². The van der Waals surface area contributed by atoms with Crippen LogP contribution in [0, 0.1) is 10.1 Å². The molecule has 1 atom stereocenters. The van der Waals surface area contributed by atoms with Crippen LogP contribution in [0.1, 0.15) is 39.4 Å². The maximum atomic E-state index is 13.0. The molecule has 15 heteroatoms. The highest BCUT2D eigenvalue weighted by Crippen LogP contribution is 2.20. The molecule has 42 heavy (non-hydrogen) atoms. The predicted octanol–water partition coefficient (Wildman–Crippen LogP) is 1.93. The molecule has 3 amide bonds. The lowest BCUT2D eigenvalue weighted by molar-refractivity contribution is -0.384. The van der Waals surface area contributed by atoms with Crippen LogP contribution in [-0.2, 0) is 44.4 Å². The van der Waals surface area contributed by atoms with Crippen molar-refractivity contribution in [3.05, 3.63) is 75.9 Å². The van der Waals surface area contributed by atoms with E-state index in [4.69, 9.17) is 4.74 Å². The summed E-state index contributed by atoms with van der Waals surface area (Å²) in [5, 5.41) is 18.9. The smallest absolute Gasteiger partial charge is 0.328 e. The average Bonchev–Trinajstić information content (AvgIpc) is 3.52. The number of carbonyl (C=O) groups is 5. The number of nitrogens with zero attached hydrogens (tertiary/aromatic N) is 3. The molecule has 0 radical (unpaired) electrons. The summed E-state index contributed by atoms with van der Waals surface area (Å²) in [6.07, 6.45) is 2.54. The zero-order valence-electron chi connectivity index (χ0n) is 23.3. The van der Waals surface area contributed by atoms with Crippen molar-refractivity contribution in [1.29, 1.82) is 0 Å². The molecular weight excluding hydrogens is 552 g/mol. The van der Waals surface area contributed by atoms with Crippen molar-refractivity contribution >= 4 is 46.7 Å². The second kappa shape index (κ2) is 13.7. The van der Waals surface area contributed by atoms with E-state index in [0.29, 0.717) is 16.9 Å². The molecule has 0 bridgehead atoms. The van der Waals surface area contributed by atoms with Gasteiger partial charge in [-0.2, -0.15) is 0 Å². The second-order valence-corrected chi connectivity index (χ2v) is 9.22. The molecule has 1 aromatic carbocycles. The number of nitrogens with one attached hydrogen (secondary N) is 3. The maximum absolute atomic E-state index is 13.0. The van der Waals surface area contributed by atoms with Crippen LogP contribution in [-0.4, -0.2) is 64.0 Å². The fourth-order valence-electron chi connectivity index (χ4n) is 4.07. The predicted molar refractivity (Wildman–Crippen MR) is 149 cm³/mol. The number of aromatic nitrogens is 2. The van der Waals surface area contributed by atoms with Crippen molar-refractivity contribution in [2.75, 3.05) is 24.9 Å². The number of rotatable bonds is 12. The number of amides is 3. The van der Waals surface area contributed by atoms with Gasteiger partial charge in [-0.1, -0.05) is 12.1 Å². The molecule has 222 valence electrons. The molecule has 3 aromatic rings. The molecule has 0 unspecified atom stereocenters. The Labute approximate surface area is 239 Å². The van der Waals surface area contributed by atoms with Crippen molar-refractivity contribution in [2.45, 2.75) is 25.3 Å². The average molecular weight is 583 g/mol. The van der Waals surface area contributed by atoms with Gasteiger partial charge >= 0.3 is 11.9 Å². The molecule has 0 spiro atoms. The summed E-state index contributed by atoms with van der Waals surface area (Å²) in [6.45, 7) is 0. The molecule has 2 aromatic heterocycles. The highest BCUT2D eigenvalue weighted by Gasteiger charge is 2.23. The molecule has 0 aliphatic heterocycles. The van der Waals surface area contributed by atoms with Crippen LogP contribution >= 0.6 is 0 Å². The van der Waals surface area contributed by atoms with Gasteiger partial charge < -0.3 is 34.6 Å². The van der Waals surface area contributed by atoms with Gasteiger partial charge in [-0.25, -0.2) is 4.79 Å². The first-order valence-electron chi connectivity index (χ1n) is 12.5. The summed E-state index contributed by atoms with van der Waals surface area (Å²) in [7, 11) is 5.51. The van der Waals surface area contributed by atoms with E-state index in [9.17, 15) is 34.1 Å². The fraction of sp³-hybridized carbons (Fsp3) is 0.296. The lowest BCUT2D eigenvalue weighted by Gasteiger charge is -2.16. The largest absolute Gasteiger partial charge is 0.469 e. The second-order valence-electron chi connectivity index (χ2n) is 9.22. The number of benzene rings is 1. The minimum Gasteiger partial charge on any atom is -0.469 e. The van der Waals surface area contributed by atoms with Crippen molar-refractivity contribution in [3.8, 4) is 0 Å². The Kier molecular flexibility index (Phi) is 10.2. The number of carbonyl (C=O) groups excluding carboxylic acids is 5. The van der Waals surface area contributed by atoms with Gasteiger partial charge in [0.25, 0.3) is 17.5 Å². The third-order valence-corrected chi connectivity index (χ3v) is 6.16. The number of hydrogen-bond acceptors (Lipinski definition) is 9. The maximum Gasteiger partial charge on any atom is 0.328 e. The van der Waals surface area contributed by atoms with Crippen LogP contribution in [0.4, 0.5) is 17.1 Å². The van der Waals surface area contributed by atoms with Crippen LogP contribution in [0.25, 0.3) is 0 Å². The van der Waals surface area contributed by atoms with Gasteiger partial charge in [-0.05, 0) is 30.2 Å². The molecule has 0 saturated heterocycles. The van der Waals surface area contributed by atoms with E-state index in [2.05, 4.69) is 20.7 Å². The number of aryl methyl sites for hydroxylation is 2. The van der Waals surface area contributed by atoms with Gasteiger partial charge in [0.05, 0.1) is 37.4 Å². The molecule has 2 heterocycles. The molecule has 3 N–H and O–H groups in total. The van der Waals surface area contributed by atoms with Gasteiger partial charge in [0.15, 0.2) is 0 Å². The third-order valence-electron chi connectivity index (χ3n) is 6.16. The van der Waals surface area contributed by atoms with Crippen LogP contribution in [0.3, 0.4) is 0 Å². The van der Waals surface area contributed by atoms with E-state index >= 15 is 0 Å². The van der Waals surface area contributed by atoms with Crippen molar-refractivity contribution < 1.29 is 38.4 Å². The Bertz CT molecular complexity index is 1520. The highest BCUT2D eigenvalue weighted by atomic mass is 16.6. The van der Waals surface area contributed by atoms with Gasteiger partial charge in [0.2, 0.25) is 5.91 Å². The van der Waals surface area contributed by atoms with E-state index in [0.717, 1.165) is 6.07 Å². The first kappa shape index (κ1) is 31.1. The summed E-state index contributed by atoms with van der Waals surface area (Å²) < 4.78 is 12.1. The van der Waals surface area contributed by atoms with Gasteiger partial charge in [-0.15, -0.1) is 0 Å². The molecule has 0 aliphatic carbocycles. The van der Waals surface area contributed by atoms with Gasteiger partial charge in [0, 0.05) is 38.5 Å². The normalized spacial score (nSPS) is 11.2. The van der Waals surface area contributed by atoms with Crippen LogP contribution in [0.15, 0.2) is 48.8 Å². The lowest BCUT2D eigenvalue weighted by atomic mass is 10.1. The SMILES string of the molecule is COC(=O)CC[C@H](NC(=O)Cc1cccc(NC(=O)c2cc(NC(=O)c3cc([N+](=O)[O-])cn3C)cn2C)c1)C(=O)OC. The number of esters is 2. The van der Waals surface area contributed by atoms with Crippen LogP contribution < -0.4 is 16.0 Å². The Morgan fingerprint density at radius 2 is 1.55 bits per heavy atom. The standard InChI is InChI=1S/C27H30N6O9/c1-31-14-18(29-26(37)22-13-19(33(39)40)15-32(22)2)12-21(31)25(36)28-17-7-5-6-16(10-17)11-23(34)30-20(27(38)42-4)8-9-24(35)41-3/h5-7,10,12-15,20H,8-9,11H2,1-4H3,(H,28,36)(H,29,37)(H,30,34)/t20-/m0/s1. The molecule has 15 nitrogen and oxygen atoms in total. The molecular formula is C27H30N6O9. The van der Waals surface area contributed by atoms with Crippen LogP contribution in [0.5, 0.6) is 0 Å². The molecule has 0 fully saturated rings. The van der Waals surface area contributed by atoms with E-state index in [-0.39, 0.29) is 36.3 Å². The Morgan fingerprint density at radius 3 is 2.17 bits per heavy atom. The van der Waals surface area contributed by atoms with Crippen molar-refractivity contribution in [3.63, 3.8) is 0 Å². The summed E-state index contributed by atoms with van der Waals surface area (Å²) >= 11 is 0. The number of nitro groups is 1. The number of anilines is 2. The fourth-order valence-corrected chi connectivity index (χ4v) is 4.07. The summed E-state index contributed by atoms with van der Waals surface area (Å²) in [5.41, 5.74) is 1.28. The monoisotopic (exact) mass is 582 g/mol. The first-order chi connectivity index (χ1) is 19.9. The Balaban J connectivity index is 1.64. The molecule has 0 aliphatic rings. The van der Waals surface area contributed by atoms with Crippen molar-refractivity contribution in [1.82, 2.24) is 14.5 Å². The first-order valence-corrected chi connectivity index (χ1v) is 12.5.